The van der Waals surface area contributed by atoms with E-state index in [1.54, 1.807) is 6.20 Å². The fraction of sp³-hybridized carbons (Fsp3) is 0.368. The van der Waals surface area contributed by atoms with Crippen LogP contribution in [0, 0.1) is 0 Å². The number of rotatable bonds is 2. The second kappa shape index (κ2) is 6.19. The van der Waals surface area contributed by atoms with Crippen molar-refractivity contribution in [3.63, 3.8) is 0 Å². The highest BCUT2D eigenvalue weighted by molar-refractivity contribution is 7.21. The number of piperidine rings is 1. The quantitative estimate of drug-likeness (QED) is 0.697. The molecule has 134 valence electrons. The van der Waals surface area contributed by atoms with E-state index >= 15 is 0 Å². The predicted molar refractivity (Wildman–Crippen MR) is 98.7 cm³/mol. The van der Waals surface area contributed by atoms with Gasteiger partial charge in [0.2, 0.25) is 0 Å². The summed E-state index contributed by atoms with van der Waals surface area (Å²) in [6, 6.07) is 7.87. The molecule has 0 radical (unpaired) electrons. The summed E-state index contributed by atoms with van der Waals surface area (Å²) in [6.45, 7) is 2.58. The Hall–Kier alpha value is -2.22. The lowest BCUT2D eigenvalue weighted by molar-refractivity contribution is -0.181. The van der Waals surface area contributed by atoms with Crippen LogP contribution >= 0.6 is 11.3 Å². The molecular formula is C19H19N3O3S. The van der Waals surface area contributed by atoms with E-state index in [1.807, 2.05) is 46.1 Å². The maximum Gasteiger partial charge on any atom is 0.266 e. The van der Waals surface area contributed by atoms with Crippen molar-refractivity contribution in [2.75, 3.05) is 26.3 Å². The van der Waals surface area contributed by atoms with Crippen molar-refractivity contribution in [2.24, 2.45) is 0 Å². The average molecular weight is 369 g/mol. The third-order valence-electron chi connectivity index (χ3n) is 5.12. The van der Waals surface area contributed by atoms with Gasteiger partial charge in [0.15, 0.2) is 5.79 Å². The summed E-state index contributed by atoms with van der Waals surface area (Å²) >= 11 is 1.46. The molecule has 0 unspecified atom stereocenters. The summed E-state index contributed by atoms with van der Waals surface area (Å²) in [7, 11) is 0. The van der Waals surface area contributed by atoms with Gasteiger partial charge in [-0.3, -0.25) is 4.79 Å². The van der Waals surface area contributed by atoms with Crippen LogP contribution in [0.4, 0.5) is 0 Å². The molecule has 6 nitrogen and oxygen atoms in total. The van der Waals surface area contributed by atoms with Crippen LogP contribution in [0.25, 0.3) is 15.9 Å². The highest BCUT2D eigenvalue weighted by Crippen LogP contribution is 2.36. The van der Waals surface area contributed by atoms with Crippen molar-refractivity contribution in [3.8, 4) is 5.69 Å². The number of thiophene rings is 1. The van der Waals surface area contributed by atoms with Gasteiger partial charge >= 0.3 is 0 Å². The Kier molecular flexibility index (Phi) is 3.81. The molecule has 3 aromatic rings. The lowest BCUT2D eigenvalue weighted by Gasteiger charge is -2.37. The minimum Gasteiger partial charge on any atom is -0.347 e. The second-order valence-corrected chi connectivity index (χ2v) is 7.63. The van der Waals surface area contributed by atoms with Crippen LogP contribution in [0.3, 0.4) is 0 Å². The van der Waals surface area contributed by atoms with Gasteiger partial charge in [-0.15, -0.1) is 11.3 Å². The summed E-state index contributed by atoms with van der Waals surface area (Å²) in [5.74, 6) is -0.411. The molecule has 1 amide bonds. The van der Waals surface area contributed by atoms with Gasteiger partial charge in [0.25, 0.3) is 5.91 Å². The largest absolute Gasteiger partial charge is 0.347 e. The molecule has 5 rings (SSSR count). The molecule has 0 saturated carbocycles. The van der Waals surface area contributed by atoms with Gasteiger partial charge < -0.3 is 18.9 Å². The zero-order chi connectivity index (χ0) is 17.6. The monoisotopic (exact) mass is 369 g/mol. The number of pyridine rings is 1. The minimum atomic E-state index is -0.470. The molecule has 0 aliphatic carbocycles. The molecular weight excluding hydrogens is 350 g/mol. The van der Waals surface area contributed by atoms with Gasteiger partial charge in [-0.05, 0) is 24.3 Å². The number of fused-ring (bicyclic) bond motifs is 1. The summed E-state index contributed by atoms with van der Waals surface area (Å²) in [4.78, 5) is 21.3. The van der Waals surface area contributed by atoms with Crippen LogP contribution in [0.5, 0.6) is 0 Å². The van der Waals surface area contributed by atoms with Crippen LogP contribution in [-0.4, -0.2) is 52.4 Å². The molecule has 2 aliphatic heterocycles. The lowest BCUT2D eigenvalue weighted by atomic mass is 10.0. The fourth-order valence-electron chi connectivity index (χ4n) is 3.78. The Labute approximate surface area is 155 Å². The van der Waals surface area contributed by atoms with Gasteiger partial charge in [-0.1, -0.05) is 0 Å². The molecule has 0 aromatic carbocycles. The topological polar surface area (TPSA) is 56.6 Å². The predicted octanol–water partition coefficient (Wildman–Crippen LogP) is 3.07. The van der Waals surface area contributed by atoms with Gasteiger partial charge in [-0.2, -0.15) is 0 Å². The highest BCUT2D eigenvalue weighted by Gasteiger charge is 2.41. The van der Waals surface area contributed by atoms with Crippen molar-refractivity contribution < 1.29 is 14.3 Å². The number of aromatic nitrogens is 2. The van der Waals surface area contributed by atoms with Crippen LogP contribution < -0.4 is 0 Å². The number of likely N-dealkylation sites (tertiary alicyclic amines) is 1. The summed E-state index contributed by atoms with van der Waals surface area (Å²) < 4.78 is 13.6. The van der Waals surface area contributed by atoms with E-state index in [-0.39, 0.29) is 5.91 Å². The molecule has 1 spiro atoms. The Bertz CT molecular complexity index is 934. The number of carbonyl (C=O) groups is 1. The zero-order valence-corrected chi connectivity index (χ0v) is 15.1. The third-order valence-corrected chi connectivity index (χ3v) is 6.21. The highest BCUT2D eigenvalue weighted by atomic mass is 32.1. The Morgan fingerprint density at radius 3 is 2.58 bits per heavy atom. The van der Waals surface area contributed by atoms with E-state index in [0.717, 1.165) is 33.6 Å². The summed E-state index contributed by atoms with van der Waals surface area (Å²) in [6.07, 6.45) is 7.15. The van der Waals surface area contributed by atoms with Crippen LogP contribution in [0.1, 0.15) is 22.5 Å². The first-order valence-corrected chi connectivity index (χ1v) is 9.65. The van der Waals surface area contributed by atoms with Gasteiger partial charge in [-0.25, -0.2) is 4.98 Å². The molecule has 2 aliphatic rings. The first-order valence-electron chi connectivity index (χ1n) is 8.84. The van der Waals surface area contributed by atoms with Crippen LogP contribution in [-0.2, 0) is 9.47 Å². The van der Waals surface area contributed by atoms with Gasteiger partial charge in [0.1, 0.15) is 9.71 Å². The van der Waals surface area contributed by atoms with Gasteiger partial charge in [0, 0.05) is 49.9 Å². The zero-order valence-electron chi connectivity index (χ0n) is 14.3. The first-order chi connectivity index (χ1) is 12.8. The first kappa shape index (κ1) is 16.0. The number of hydrogen-bond donors (Lipinski definition) is 0. The second-order valence-electron chi connectivity index (χ2n) is 6.63. The molecule has 26 heavy (non-hydrogen) atoms. The van der Waals surface area contributed by atoms with Crippen molar-refractivity contribution in [3.05, 3.63) is 47.7 Å². The van der Waals surface area contributed by atoms with Crippen molar-refractivity contribution in [1.29, 1.82) is 0 Å². The van der Waals surface area contributed by atoms with Crippen LogP contribution in [0.2, 0.25) is 0 Å². The van der Waals surface area contributed by atoms with E-state index < -0.39 is 5.79 Å². The van der Waals surface area contributed by atoms with Crippen LogP contribution in [0.15, 0.2) is 42.9 Å². The van der Waals surface area contributed by atoms with Crippen molar-refractivity contribution in [2.45, 2.75) is 18.6 Å². The number of hydrogen-bond acceptors (Lipinski definition) is 5. The number of nitrogens with zero attached hydrogens (tertiary/aromatic N) is 3. The molecule has 3 aromatic heterocycles. The maximum atomic E-state index is 13.3. The lowest BCUT2D eigenvalue weighted by Crippen LogP contribution is -2.47. The van der Waals surface area contributed by atoms with Crippen molar-refractivity contribution in [1.82, 2.24) is 14.5 Å². The standard InChI is InChI=1S/C19H19N3O3S/c23-18(22-10-5-19(6-11-22)24-12-13-25-19)16-15(21-8-1-2-9-21)14-4-3-7-20-17(14)26-16/h1-4,7-9H,5-6,10-13H2. The van der Waals surface area contributed by atoms with E-state index in [0.29, 0.717) is 26.3 Å². The summed E-state index contributed by atoms with van der Waals surface area (Å²) in [5.41, 5.74) is 0.918. The Morgan fingerprint density at radius 1 is 1.12 bits per heavy atom. The van der Waals surface area contributed by atoms with E-state index in [9.17, 15) is 4.79 Å². The number of ether oxygens (including phenoxy) is 2. The molecule has 2 fully saturated rings. The average Bonchev–Trinajstić information content (AvgIpc) is 3.41. The molecule has 2 saturated heterocycles. The van der Waals surface area contributed by atoms with E-state index in [2.05, 4.69) is 4.98 Å². The Balaban J connectivity index is 1.49. The van der Waals surface area contributed by atoms with E-state index in [1.165, 1.54) is 11.3 Å². The molecule has 7 heteroatoms. The van der Waals surface area contributed by atoms with Gasteiger partial charge in [0.05, 0.1) is 18.9 Å². The Morgan fingerprint density at radius 2 is 1.85 bits per heavy atom. The minimum absolute atomic E-state index is 0.0598. The number of carbonyl (C=O) groups excluding carboxylic acids is 1. The maximum absolute atomic E-state index is 13.3. The molecule has 0 bridgehead atoms. The number of amides is 1. The molecule has 0 N–H and O–H groups in total. The summed E-state index contributed by atoms with van der Waals surface area (Å²) in [5, 5.41) is 1.01. The molecule has 0 atom stereocenters. The fourth-order valence-corrected chi connectivity index (χ4v) is 4.89. The van der Waals surface area contributed by atoms with E-state index in [4.69, 9.17) is 9.47 Å². The van der Waals surface area contributed by atoms with Crippen molar-refractivity contribution >= 4 is 27.5 Å². The third kappa shape index (κ3) is 2.55. The smallest absolute Gasteiger partial charge is 0.266 e. The molecule has 5 heterocycles. The normalized spacial score (nSPS) is 19.5. The SMILES string of the molecule is O=C(c1sc2ncccc2c1-n1cccc1)N1CCC2(CC1)OCCO2.